The minimum Gasteiger partial charge on any atom is -0.383 e. The van der Waals surface area contributed by atoms with Gasteiger partial charge >= 0.3 is 0 Å². The fraction of sp³-hybridized carbons (Fsp3) is 0.174. The minimum atomic E-state index is -0.363. The van der Waals surface area contributed by atoms with E-state index in [4.69, 9.17) is 10.8 Å². The zero-order chi connectivity index (χ0) is 22.5. The van der Waals surface area contributed by atoms with E-state index >= 15 is 0 Å². The molecule has 0 aliphatic carbocycles. The first-order valence-electron chi connectivity index (χ1n) is 10.2. The molecule has 5 aromatic rings. The lowest BCUT2D eigenvalue weighted by Gasteiger charge is -2.19. The third kappa shape index (κ3) is 3.15. The number of aromatic nitrogens is 6. The number of amides is 1. The van der Waals surface area contributed by atoms with Crippen LogP contribution in [0.3, 0.4) is 0 Å². The highest BCUT2D eigenvalue weighted by atomic mass is 16.2. The number of nitrogens with two attached hydrogens (primary N) is 1. The van der Waals surface area contributed by atoms with Crippen LogP contribution in [0.15, 0.2) is 61.2 Å². The second-order valence-corrected chi connectivity index (χ2v) is 8.48. The van der Waals surface area contributed by atoms with E-state index in [1.165, 1.54) is 6.33 Å². The molecule has 0 radical (unpaired) electrons. The molecule has 4 heterocycles. The lowest BCUT2D eigenvalue weighted by Crippen LogP contribution is -2.24. The lowest BCUT2D eigenvalue weighted by molar-refractivity contribution is 0.102. The molecule has 9 nitrogen and oxygen atoms in total. The summed E-state index contributed by atoms with van der Waals surface area (Å²) in [5.41, 5.74) is 8.37. The van der Waals surface area contributed by atoms with E-state index in [1.807, 2.05) is 60.4 Å². The minimum absolute atomic E-state index is 0.289. The van der Waals surface area contributed by atoms with Crippen LogP contribution in [0.4, 0.5) is 11.5 Å². The Bertz CT molecular complexity index is 1460. The molecule has 0 atom stereocenters. The number of carbonyl (C=O) groups is 1. The Kier molecular flexibility index (Phi) is 4.40. The maximum absolute atomic E-state index is 13.3. The summed E-state index contributed by atoms with van der Waals surface area (Å²) in [7, 11) is 0. The molecule has 9 heteroatoms. The molecule has 0 aliphatic heterocycles. The third-order valence-corrected chi connectivity index (χ3v) is 5.19. The summed E-state index contributed by atoms with van der Waals surface area (Å²) in [6, 6.07) is 13.1. The van der Waals surface area contributed by atoms with E-state index in [0.29, 0.717) is 34.1 Å². The summed E-state index contributed by atoms with van der Waals surface area (Å²) >= 11 is 0. The van der Waals surface area contributed by atoms with E-state index in [-0.39, 0.29) is 11.4 Å². The van der Waals surface area contributed by atoms with Gasteiger partial charge in [0.15, 0.2) is 11.5 Å². The molecule has 0 unspecified atom stereocenters. The summed E-state index contributed by atoms with van der Waals surface area (Å²) in [4.78, 5) is 26.0. The Labute approximate surface area is 183 Å². The molecule has 0 bridgehead atoms. The van der Waals surface area contributed by atoms with Crippen LogP contribution in [0.2, 0.25) is 0 Å². The molecule has 4 aromatic heterocycles. The van der Waals surface area contributed by atoms with Gasteiger partial charge in [0.1, 0.15) is 23.2 Å². The number of nitrogens with zero attached hydrogens (tertiary/aromatic N) is 6. The van der Waals surface area contributed by atoms with Crippen LogP contribution in [-0.2, 0) is 5.54 Å². The highest BCUT2D eigenvalue weighted by molar-refractivity contribution is 6.08. The molecule has 0 aliphatic rings. The van der Waals surface area contributed by atoms with Gasteiger partial charge in [0.05, 0.1) is 22.9 Å². The van der Waals surface area contributed by atoms with Gasteiger partial charge in [-0.2, -0.15) is 5.10 Å². The molecular formula is C23H22N8O. The molecule has 0 spiro atoms. The zero-order valence-electron chi connectivity index (χ0n) is 17.9. The van der Waals surface area contributed by atoms with E-state index in [9.17, 15) is 4.79 Å². The van der Waals surface area contributed by atoms with Crippen molar-refractivity contribution in [3.05, 3.63) is 66.9 Å². The topological polar surface area (TPSA) is 117 Å². The van der Waals surface area contributed by atoms with Crippen LogP contribution in [-0.4, -0.2) is 35.2 Å². The van der Waals surface area contributed by atoms with Crippen LogP contribution in [0.5, 0.6) is 0 Å². The van der Waals surface area contributed by atoms with Crippen molar-refractivity contribution >= 4 is 39.3 Å². The zero-order valence-corrected chi connectivity index (χ0v) is 17.9. The number of rotatable bonds is 3. The average Bonchev–Trinajstić information content (AvgIpc) is 3.34. The summed E-state index contributed by atoms with van der Waals surface area (Å²) in [5.74, 6) is 0.519. The van der Waals surface area contributed by atoms with E-state index in [0.717, 1.165) is 10.9 Å². The molecule has 0 saturated heterocycles. The molecule has 0 saturated carbocycles. The van der Waals surface area contributed by atoms with Gasteiger partial charge in [0, 0.05) is 11.6 Å². The second-order valence-electron chi connectivity index (χ2n) is 8.48. The third-order valence-electron chi connectivity index (χ3n) is 5.19. The van der Waals surface area contributed by atoms with Crippen LogP contribution >= 0.6 is 0 Å². The van der Waals surface area contributed by atoms with Gasteiger partial charge in [0.25, 0.3) is 5.91 Å². The number of hydrogen-bond donors (Lipinski definition) is 2. The van der Waals surface area contributed by atoms with Crippen molar-refractivity contribution in [2.75, 3.05) is 11.1 Å². The van der Waals surface area contributed by atoms with E-state index in [1.54, 1.807) is 24.5 Å². The van der Waals surface area contributed by atoms with Gasteiger partial charge in [-0.15, -0.1) is 0 Å². The maximum atomic E-state index is 13.3. The summed E-state index contributed by atoms with van der Waals surface area (Å²) in [6.45, 7) is 6.10. The van der Waals surface area contributed by atoms with Crippen molar-refractivity contribution in [1.82, 2.24) is 29.3 Å². The number of nitrogen functional groups attached to an aromatic ring is 1. The van der Waals surface area contributed by atoms with Gasteiger partial charge in [0.2, 0.25) is 0 Å². The molecule has 32 heavy (non-hydrogen) atoms. The number of benzene rings is 1. The number of fused-ring (bicyclic) bond motifs is 2. The van der Waals surface area contributed by atoms with Gasteiger partial charge in [-0.25, -0.2) is 14.6 Å². The predicted octanol–water partition coefficient (Wildman–Crippen LogP) is 3.75. The van der Waals surface area contributed by atoms with Gasteiger partial charge in [-0.1, -0.05) is 18.2 Å². The normalized spacial score (nSPS) is 11.8. The molecule has 160 valence electrons. The number of pyridine rings is 1. The number of carbonyl (C=O) groups excluding carboxylic acids is 1. The number of anilines is 2. The van der Waals surface area contributed by atoms with Gasteiger partial charge in [-0.3, -0.25) is 14.3 Å². The molecule has 1 aromatic carbocycles. The van der Waals surface area contributed by atoms with Crippen LogP contribution < -0.4 is 11.1 Å². The number of hydrogen-bond acceptors (Lipinski definition) is 6. The monoisotopic (exact) mass is 426 g/mol. The van der Waals surface area contributed by atoms with Crippen molar-refractivity contribution in [2.24, 2.45) is 0 Å². The maximum Gasteiger partial charge on any atom is 0.272 e. The first kappa shape index (κ1) is 19.7. The van der Waals surface area contributed by atoms with E-state index < -0.39 is 0 Å². The second kappa shape index (κ2) is 7.16. The lowest BCUT2D eigenvalue weighted by atomic mass is 10.1. The Balaban J connectivity index is 1.79. The van der Waals surface area contributed by atoms with Gasteiger partial charge in [-0.05, 0) is 45.0 Å². The number of nitrogens with one attached hydrogen (secondary N) is 1. The quantitative estimate of drug-likeness (QED) is 0.454. The Morgan fingerprint density at radius 3 is 2.66 bits per heavy atom. The average molecular weight is 426 g/mol. The van der Waals surface area contributed by atoms with Crippen molar-refractivity contribution < 1.29 is 4.79 Å². The van der Waals surface area contributed by atoms with E-state index in [2.05, 4.69) is 20.3 Å². The first-order valence-corrected chi connectivity index (χ1v) is 10.2. The fourth-order valence-corrected chi connectivity index (χ4v) is 3.76. The first-order chi connectivity index (χ1) is 15.3. The standard InChI is InChI=1S/C23H22N8O/c1-23(2,3)31-20-18(19(24)26-13-27-20)21(29-31)30-16-9-5-4-7-14(16)11-17(30)22(32)28-15-8-6-10-25-12-15/h4-13H,1-3H3,(H,28,32)(H2,24,26,27). The highest BCUT2D eigenvalue weighted by Gasteiger charge is 2.27. The highest BCUT2D eigenvalue weighted by Crippen LogP contribution is 2.33. The molecule has 0 fully saturated rings. The Hall–Kier alpha value is -4.27. The van der Waals surface area contributed by atoms with Crippen LogP contribution in [0.25, 0.3) is 27.8 Å². The fourth-order valence-electron chi connectivity index (χ4n) is 3.76. The number of para-hydroxylation sites is 1. The van der Waals surface area contributed by atoms with Gasteiger partial charge < -0.3 is 11.1 Å². The predicted molar refractivity (Wildman–Crippen MR) is 124 cm³/mol. The van der Waals surface area contributed by atoms with Crippen LogP contribution in [0, 0.1) is 0 Å². The molecular weight excluding hydrogens is 404 g/mol. The molecule has 1 amide bonds. The SMILES string of the molecule is CC(C)(C)n1nc(-n2c(C(=O)Nc3cccnc3)cc3ccccc32)c2c(N)ncnc21. The molecule has 3 N–H and O–H groups in total. The van der Waals surface area contributed by atoms with Crippen molar-refractivity contribution in [1.29, 1.82) is 0 Å². The Morgan fingerprint density at radius 1 is 1.09 bits per heavy atom. The van der Waals surface area contributed by atoms with Crippen molar-refractivity contribution in [2.45, 2.75) is 26.3 Å². The van der Waals surface area contributed by atoms with Crippen molar-refractivity contribution in [3.63, 3.8) is 0 Å². The smallest absolute Gasteiger partial charge is 0.272 e. The summed E-state index contributed by atoms with van der Waals surface area (Å²) < 4.78 is 3.62. The van der Waals surface area contributed by atoms with Crippen LogP contribution in [0.1, 0.15) is 31.3 Å². The summed E-state index contributed by atoms with van der Waals surface area (Å²) in [6.07, 6.45) is 4.68. The summed E-state index contributed by atoms with van der Waals surface area (Å²) in [5, 5.41) is 9.28. The largest absolute Gasteiger partial charge is 0.383 e. The Morgan fingerprint density at radius 2 is 1.91 bits per heavy atom. The van der Waals surface area contributed by atoms with Crippen molar-refractivity contribution in [3.8, 4) is 5.82 Å². The molecule has 5 rings (SSSR count).